The predicted octanol–water partition coefficient (Wildman–Crippen LogP) is 2.68. The van der Waals surface area contributed by atoms with E-state index in [1.165, 1.54) is 11.3 Å². The molecular weight excluding hydrogens is 474 g/mol. The van der Waals surface area contributed by atoms with Gasteiger partial charge < -0.3 is 10.1 Å². The van der Waals surface area contributed by atoms with E-state index < -0.39 is 17.7 Å². The van der Waals surface area contributed by atoms with E-state index in [4.69, 9.17) is 9.73 Å². The van der Waals surface area contributed by atoms with E-state index >= 15 is 0 Å². The van der Waals surface area contributed by atoms with Crippen molar-refractivity contribution in [3.8, 4) is 5.75 Å². The number of nitrogens with zero attached hydrogens (tertiary/aromatic N) is 4. The number of carbonyl (C=O) groups excluding carboxylic acids is 1. The molecule has 0 radical (unpaired) electrons. The normalized spacial score (nSPS) is 22.3. The average Bonchev–Trinajstić information content (AvgIpc) is 3.32. The molecule has 6 rings (SSSR count). The van der Waals surface area contributed by atoms with Crippen molar-refractivity contribution in [2.45, 2.75) is 32.5 Å². The Morgan fingerprint density at radius 3 is 2.67 bits per heavy atom. The van der Waals surface area contributed by atoms with Gasteiger partial charge in [-0.15, -0.1) is 0 Å². The number of hydrogen-bond donors (Lipinski definition) is 1. The van der Waals surface area contributed by atoms with Gasteiger partial charge in [0.2, 0.25) is 11.6 Å². The summed E-state index contributed by atoms with van der Waals surface area (Å²) in [5.41, 5.74) is 2.94. The molecule has 4 aromatic rings. The molecule has 8 nitrogen and oxygen atoms in total. The Labute approximate surface area is 211 Å². The molecule has 0 spiro atoms. The first kappa shape index (κ1) is 22.5. The number of amides is 1. The maximum Gasteiger partial charge on any atom is 0.270 e. The topological polar surface area (TPSA) is 90.5 Å². The monoisotopic (exact) mass is 499 g/mol. The van der Waals surface area contributed by atoms with Crippen LogP contribution in [-0.4, -0.2) is 26.0 Å². The Morgan fingerprint density at radius 2 is 1.92 bits per heavy atom. The zero-order chi connectivity index (χ0) is 25.2. The fraction of sp³-hybridized carbons (Fsp3) is 0.259. The fourth-order valence-electron chi connectivity index (χ4n) is 5.07. The Hall–Kier alpha value is -3.98. The van der Waals surface area contributed by atoms with Crippen molar-refractivity contribution in [2.24, 2.45) is 18.0 Å². The zero-order valence-corrected chi connectivity index (χ0v) is 21.2. The van der Waals surface area contributed by atoms with Gasteiger partial charge in [0, 0.05) is 29.6 Å². The van der Waals surface area contributed by atoms with Crippen LogP contribution in [0, 0.1) is 19.8 Å². The van der Waals surface area contributed by atoms with Crippen molar-refractivity contribution < 1.29 is 9.53 Å². The van der Waals surface area contributed by atoms with Gasteiger partial charge in [0.05, 0.1) is 16.8 Å². The lowest BCUT2D eigenvalue weighted by atomic mass is 9.80. The first-order valence-corrected chi connectivity index (χ1v) is 12.5. The highest BCUT2D eigenvalue weighted by atomic mass is 32.1. The lowest BCUT2D eigenvalue weighted by Crippen LogP contribution is -2.59. The van der Waals surface area contributed by atoms with Crippen LogP contribution in [0.4, 0.5) is 5.69 Å². The number of thiazole rings is 1. The lowest BCUT2D eigenvalue weighted by Gasteiger charge is -2.45. The van der Waals surface area contributed by atoms with Gasteiger partial charge in [0.1, 0.15) is 11.7 Å². The van der Waals surface area contributed by atoms with E-state index in [9.17, 15) is 9.59 Å². The third kappa shape index (κ3) is 3.34. The molecule has 0 aliphatic carbocycles. The minimum Gasteiger partial charge on any atom is -0.465 e. The van der Waals surface area contributed by atoms with Crippen molar-refractivity contribution in [3.63, 3.8) is 0 Å². The quantitative estimate of drug-likeness (QED) is 0.469. The van der Waals surface area contributed by atoms with Crippen LogP contribution in [0.5, 0.6) is 5.75 Å². The third-order valence-corrected chi connectivity index (χ3v) is 8.11. The minimum absolute atomic E-state index is 0.181. The van der Waals surface area contributed by atoms with E-state index in [2.05, 4.69) is 10.4 Å². The zero-order valence-electron chi connectivity index (χ0n) is 20.4. The Bertz CT molecular complexity index is 1720. The third-order valence-electron chi connectivity index (χ3n) is 7.12. The highest BCUT2D eigenvalue weighted by molar-refractivity contribution is 7.07. The maximum absolute atomic E-state index is 13.8. The number of benzene rings is 2. The summed E-state index contributed by atoms with van der Waals surface area (Å²) in [4.78, 5) is 33.1. The molecule has 9 heteroatoms. The van der Waals surface area contributed by atoms with Crippen LogP contribution in [0.2, 0.25) is 0 Å². The second kappa shape index (κ2) is 8.03. The van der Waals surface area contributed by atoms with Gasteiger partial charge in [0.15, 0.2) is 4.80 Å². The molecule has 0 unspecified atom stereocenters. The molecule has 0 fully saturated rings. The molecule has 3 atom stereocenters. The number of nitrogens with one attached hydrogen (secondary N) is 1. The van der Waals surface area contributed by atoms with Crippen LogP contribution in [-0.2, 0) is 11.8 Å². The van der Waals surface area contributed by atoms with Crippen LogP contribution in [0.3, 0.4) is 0 Å². The molecule has 1 amide bonds. The molecule has 182 valence electrons. The number of anilines is 1. The second-order valence-electron chi connectivity index (χ2n) is 9.41. The number of aromatic nitrogens is 3. The molecule has 2 aromatic heterocycles. The second-order valence-corrected chi connectivity index (χ2v) is 10.4. The molecule has 2 aliphatic heterocycles. The number of rotatable bonds is 3. The van der Waals surface area contributed by atoms with Gasteiger partial charge in [-0.05, 0) is 44.5 Å². The molecule has 2 bridgehead atoms. The summed E-state index contributed by atoms with van der Waals surface area (Å²) in [5, 5.41) is 7.35. The Morgan fingerprint density at radius 1 is 1.17 bits per heavy atom. The van der Waals surface area contributed by atoms with Gasteiger partial charge in [0.25, 0.3) is 5.56 Å². The largest absolute Gasteiger partial charge is 0.465 e. The molecule has 4 heterocycles. The highest BCUT2D eigenvalue weighted by Gasteiger charge is 2.55. The molecule has 2 aliphatic rings. The SMILES string of the molecule is Cc1ccccc1NC(=O)[C@@H]1[C@@H]2c3ccccc3O[C@]1(C)N=c1s/c(=C/c3cnn(C)c3C)c(=O)n12. The Balaban J connectivity index is 1.55. The summed E-state index contributed by atoms with van der Waals surface area (Å²) in [6.07, 6.45) is 3.59. The molecular formula is C27H25N5O3S. The van der Waals surface area contributed by atoms with Crippen LogP contribution in [0.25, 0.3) is 6.08 Å². The smallest absolute Gasteiger partial charge is 0.270 e. The van der Waals surface area contributed by atoms with Crippen molar-refractivity contribution in [2.75, 3.05) is 5.32 Å². The van der Waals surface area contributed by atoms with Crippen molar-refractivity contribution >= 4 is 29.0 Å². The van der Waals surface area contributed by atoms with Gasteiger partial charge in [-0.25, -0.2) is 4.99 Å². The number of hydrogen-bond acceptors (Lipinski definition) is 6. The number of ether oxygens (including phenoxy) is 1. The first-order valence-electron chi connectivity index (χ1n) is 11.7. The van der Waals surface area contributed by atoms with Crippen LogP contribution >= 0.6 is 11.3 Å². The van der Waals surface area contributed by atoms with Crippen molar-refractivity contribution in [1.29, 1.82) is 0 Å². The Kier molecular flexibility index (Phi) is 5.01. The maximum atomic E-state index is 13.8. The van der Waals surface area contributed by atoms with Crippen molar-refractivity contribution in [3.05, 3.63) is 96.8 Å². The van der Waals surface area contributed by atoms with Crippen LogP contribution in [0.15, 0.2) is 64.5 Å². The molecule has 36 heavy (non-hydrogen) atoms. The molecule has 0 saturated carbocycles. The minimum atomic E-state index is -1.18. The summed E-state index contributed by atoms with van der Waals surface area (Å²) in [5.74, 6) is -0.363. The predicted molar refractivity (Wildman–Crippen MR) is 138 cm³/mol. The summed E-state index contributed by atoms with van der Waals surface area (Å²) < 4.78 is 10.3. The average molecular weight is 500 g/mol. The number of carbonyl (C=O) groups is 1. The number of para-hydroxylation sites is 2. The van der Waals surface area contributed by atoms with Crippen LogP contribution < -0.4 is 24.9 Å². The highest BCUT2D eigenvalue weighted by Crippen LogP contribution is 2.47. The van der Waals surface area contributed by atoms with E-state index in [0.29, 0.717) is 15.1 Å². The summed E-state index contributed by atoms with van der Waals surface area (Å²) in [7, 11) is 1.87. The summed E-state index contributed by atoms with van der Waals surface area (Å²) in [6.45, 7) is 5.72. The van der Waals surface area contributed by atoms with E-state index in [-0.39, 0.29) is 11.5 Å². The van der Waals surface area contributed by atoms with Crippen molar-refractivity contribution in [1.82, 2.24) is 14.3 Å². The summed E-state index contributed by atoms with van der Waals surface area (Å²) >= 11 is 1.30. The summed E-state index contributed by atoms with van der Waals surface area (Å²) in [6, 6.07) is 14.6. The van der Waals surface area contributed by atoms with Gasteiger partial charge >= 0.3 is 0 Å². The van der Waals surface area contributed by atoms with E-state index in [1.54, 1.807) is 15.4 Å². The van der Waals surface area contributed by atoms with Gasteiger partial charge in [-0.3, -0.25) is 18.8 Å². The first-order chi connectivity index (χ1) is 17.3. The molecule has 0 saturated heterocycles. The van der Waals surface area contributed by atoms with Crippen LogP contribution in [0.1, 0.15) is 35.3 Å². The van der Waals surface area contributed by atoms with Gasteiger partial charge in [-0.2, -0.15) is 5.10 Å². The number of fused-ring (bicyclic) bond motifs is 6. The van der Waals surface area contributed by atoms with E-state index in [0.717, 1.165) is 28.1 Å². The van der Waals surface area contributed by atoms with E-state index in [1.807, 2.05) is 82.4 Å². The standard InChI is InChI=1S/C27H25N5O3S/c1-15-9-5-7-11-19(15)29-24(33)22-23-18-10-6-8-12-20(18)35-27(22,3)30-26-32(23)25(34)21(36-26)13-17-14-28-31(4)16(17)2/h5-14,22-23H,1-4H3,(H,29,33)/b21-13+/t22-,23-,27-/m0/s1. The molecule has 1 N–H and O–H groups in total. The fourth-order valence-corrected chi connectivity index (χ4v) is 6.16. The van der Waals surface area contributed by atoms with Gasteiger partial charge in [-0.1, -0.05) is 47.7 Å². The lowest BCUT2D eigenvalue weighted by molar-refractivity contribution is -0.131. The molecule has 2 aromatic carbocycles. The number of aryl methyl sites for hydroxylation is 2.